The van der Waals surface area contributed by atoms with Crippen molar-refractivity contribution in [2.75, 3.05) is 18.6 Å². The van der Waals surface area contributed by atoms with Gasteiger partial charge in [-0.1, -0.05) is 28.1 Å². The fourth-order valence-electron chi connectivity index (χ4n) is 3.31. The van der Waals surface area contributed by atoms with Gasteiger partial charge < -0.3 is 14.6 Å². The molecule has 1 fully saturated rings. The van der Waals surface area contributed by atoms with Crippen LogP contribution in [0, 0.1) is 0 Å². The fourth-order valence-corrected chi connectivity index (χ4v) is 3.57. The first kappa shape index (κ1) is 16.7. The average molecular weight is 415 g/mol. The zero-order valence-corrected chi connectivity index (χ0v) is 15.5. The minimum atomic E-state index is -0.550. The van der Waals surface area contributed by atoms with Gasteiger partial charge in [0.05, 0.1) is 18.7 Å². The standard InChI is InChI=1S/C18H15BrN4O3/c1-26-18(25)16-15-14(21-9-22-16)13(8-20-15)23-7-6-12(17(23)24)10-2-4-11(19)5-3-10/h2-5,8-9,12,20H,6-7H2,1H3. The second-order valence-corrected chi connectivity index (χ2v) is 6.91. The normalized spacial score (nSPS) is 17.1. The zero-order chi connectivity index (χ0) is 18.3. The Morgan fingerprint density at radius 3 is 2.81 bits per heavy atom. The van der Waals surface area contributed by atoms with E-state index in [2.05, 4.69) is 30.9 Å². The number of halogens is 1. The van der Waals surface area contributed by atoms with E-state index in [9.17, 15) is 9.59 Å². The Hall–Kier alpha value is -2.74. The van der Waals surface area contributed by atoms with Gasteiger partial charge in [-0.2, -0.15) is 0 Å². The molecule has 3 aromatic rings. The first-order valence-corrected chi connectivity index (χ1v) is 8.86. The van der Waals surface area contributed by atoms with Crippen LogP contribution in [0.25, 0.3) is 11.0 Å². The van der Waals surface area contributed by atoms with Gasteiger partial charge in [-0.3, -0.25) is 4.79 Å². The lowest BCUT2D eigenvalue weighted by Gasteiger charge is -2.15. The topological polar surface area (TPSA) is 88.2 Å². The molecule has 1 amide bonds. The molecular weight excluding hydrogens is 400 g/mol. The second-order valence-electron chi connectivity index (χ2n) is 5.99. The number of aromatic amines is 1. The summed E-state index contributed by atoms with van der Waals surface area (Å²) in [6.45, 7) is 0.587. The summed E-state index contributed by atoms with van der Waals surface area (Å²) in [6, 6.07) is 7.80. The third kappa shape index (κ3) is 2.66. The number of hydrogen-bond donors (Lipinski definition) is 1. The number of amides is 1. The maximum Gasteiger partial charge on any atom is 0.358 e. The number of rotatable bonds is 3. The van der Waals surface area contributed by atoms with Crippen molar-refractivity contribution in [3.05, 3.63) is 52.5 Å². The predicted molar refractivity (Wildman–Crippen MR) is 99.1 cm³/mol. The van der Waals surface area contributed by atoms with Crippen LogP contribution < -0.4 is 4.90 Å². The van der Waals surface area contributed by atoms with Crippen molar-refractivity contribution in [1.29, 1.82) is 0 Å². The molecule has 1 N–H and O–H groups in total. The van der Waals surface area contributed by atoms with Gasteiger partial charge in [0.2, 0.25) is 5.91 Å². The molecule has 8 heteroatoms. The molecule has 0 aliphatic carbocycles. The molecule has 4 rings (SSSR count). The lowest BCUT2D eigenvalue weighted by atomic mass is 9.98. The molecule has 26 heavy (non-hydrogen) atoms. The zero-order valence-electron chi connectivity index (χ0n) is 13.9. The van der Waals surface area contributed by atoms with Crippen molar-refractivity contribution in [2.45, 2.75) is 12.3 Å². The lowest BCUT2D eigenvalue weighted by Crippen LogP contribution is -2.26. The number of hydrogen-bond acceptors (Lipinski definition) is 5. The fraction of sp³-hybridized carbons (Fsp3) is 0.222. The number of esters is 1. The highest BCUT2D eigenvalue weighted by Gasteiger charge is 2.35. The smallest absolute Gasteiger partial charge is 0.358 e. The van der Waals surface area contributed by atoms with Crippen molar-refractivity contribution < 1.29 is 14.3 Å². The molecule has 1 unspecified atom stereocenters. The van der Waals surface area contributed by atoms with Crippen molar-refractivity contribution in [1.82, 2.24) is 15.0 Å². The molecule has 0 saturated carbocycles. The SMILES string of the molecule is COC(=O)c1ncnc2c(N3CCC(c4ccc(Br)cc4)C3=O)c[nH]c12. The number of H-pyrrole nitrogens is 1. The van der Waals surface area contributed by atoms with Crippen LogP contribution in [0.3, 0.4) is 0 Å². The van der Waals surface area contributed by atoms with E-state index in [0.29, 0.717) is 23.3 Å². The summed E-state index contributed by atoms with van der Waals surface area (Å²) in [6.07, 6.45) is 3.72. The van der Waals surface area contributed by atoms with E-state index in [1.165, 1.54) is 13.4 Å². The molecule has 1 aliphatic rings. The molecule has 0 bridgehead atoms. The largest absolute Gasteiger partial charge is 0.464 e. The Balaban J connectivity index is 1.69. The van der Waals surface area contributed by atoms with E-state index in [0.717, 1.165) is 16.5 Å². The van der Waals surface area contributed by atoms with Crippen LogP contribution in [0.15, 0.2) is 41.3 Å². The number of nitrogens with zero attached hydrogens (tertiary/aromatic N) is 3. The van der Waals surface area contributed by atoms with E-state index < -0.39 is 5.97 Å². The van der Waals surface area contributed by atoms with E-state index in [1.54, 1.807) is 11.1 Å². The highest BCUT2D eigenvalue weighted by Crippen LogP contribution is 2.35. The van der Waals surface area contributed by atoms with Gasteiger partial charge in [0, 0.05) is 17.2 Å². The van der Waals surface area contributed by atoms with Gasteiger partial charge in [-0.25, -0.2) is 14.8 Å². The minimum absolute atomic E-state index is 0.0199. The van der Waals surface area contributed by atoms with Crippen LogP contribution >= 0.6 is 15.9 Å². The molecule has 1 atom stereocenters. The van der Waals surface area contributed by atoms with Gasteiger partial charge in [0.1, 0.15) is 17.4 Å². The molecule has 3 heterocycles. The van der Waals surface area contributed by atoms with Crippen molar-refractivity contribution in [3.8, 4) is 0 Å². The molecule has 132 valence electrons. The molecule has 1 aliphatic heterocycles. The Morgan fingerprint density at radius 1 is 1.31 bits per heavy atom. The van der Waals surface area contributed by atoms with Crippen LogP contribution in [0.4, 0.5) is 5.69 Å². The summed E-state index contributed by atoms with van der Waals surface area (Å²) < 4.78 is 5.73. The molecule has 2 aromatic heterocycles. The molecule has 7 nitrogen and oxygen atoms in total. The Kier molecular flexibility index (Phi) is 4.20. The number of nitrogens with one attached hydrogen (secondary N) is 1. The number of methoxy groups -OCH3 is 1. The third-order valence-corrected chi connectivity index (χ3v) is 5.12. The van der Waals surface area contributed by atoms with E-state index in [4.69, 9.17) is 4.74 Å². The second kappa shape index (κ2) is 6.53. The van der Waals surface area contributed by atoms with E-state index in [1.807, 2.05) is 24.3 Å². The van der Waals surface area contributed by atoms with E-state index in [-0.39, 0.29) is 17.5 Å². The van der Waals surface area contributed by atoms with E-state index >= 15 is 0 Å². The first-order valence-electron chi connectivity index (χ1n) is 8.07. The third-order valence-electron chi connectivity index (χ3n) is 4.59. The predicted octanol–water partition coefficient (Wildman–Crippen LogP) is 3.03. The van der Waals surface area contributed by atoms with Crippen molar-refractivity contribution >= 4 is 44.5 Å². The Labute approximate surface area is 157 Å². The van der Waals surface area contributed by atoms with Crippen molar-refractivity contribution in [2.24, 2.45) is 0 Å². The quantitative estimate of drug-likeness (QED) is 0.665. The number of ether oxygens (including phenoxy) is 1. The summed E-state index contributed by atoms with van der Waals surface area (Å²) >= 11 is 3.41. The average Bonchev–Trinajstić information content (AvgIpc) is 3.25. The lowest BCUT2D eigenvalue weighted by molar-refractivity contribution is -0.118. The maximum atomic E-state index is 13.0. The molecular formula is C18H15BrN4O3. The highest BCUT2D eigenvalue weighted by molar-refractivity contribution is 9.10. The van der Waals surface area contributed by atoms with Crippen LogP contribution in [0.1, 0.15) is 28.4 Å². The summed E-state index contributed by atoms with van der Waals surface area (Å²) in [5.41, 5.74) is 2.79. The summed E-state index contributed by atoms with van der Waals surface area (Å²) in [5, 5.41) is 0. The van der Waals surface area contributed by atoms with Crippen molar-refractivity contribution in [3.63, 3.8) is 0 Å². The van der Waals surface area contributed by atoms with Gasteiger partial charge >= 0.3 is 5.97 Å². The Bertz CT molecular complexity index is 999. The Morgan fingerprint density at radius 2 is 2.08 bits per heavy atom. The minimum Gasteiger partial charge on any atom is -0.464 e. The number of carbonyl (C=O) groups is 2. The van der Waals surface area contributed by atoms with Crippen LogP contribution in [0.5, 0.6) is 0 Å². The number of fused-ring (bicyclic) bond motifs is 1. The number of carbonyl (C=O) groups excluding carboxylic acids is 2. The molecule has 0 spiro atoms. The highest BCUT2D eigenvalue weighted by atomic mass is 79.9. The van der Waals surface area contributed by atoms with Gasteiger partial charge in [0.25, 0.3) is 0 Å². The molecule has 0 radical (unpaired) electrons. The first-order chi connectivity index (χ1) is 12.6. The number of benzene rings is 1. The van der Waals surface area contributed by atoms with Crippen LogP contribution in [-0.4, -0.2) is 40.5 Å². The summed E-state index contributed by atoms with van der Waals surface area (Å²) in [4.78, 5) is 37.8. The van der Waals surface area contributed by atoms with Gasteiger partial charge in [-0.15, -0.1) is 0 Å². The molecule has 1 aromatic carbocycles. The monoisotopic (exact) mass is 414 g/mol. The maximum absolute atomic E-state index is 13.0. The van der Waals surface area contributed by atoms with Gasteiger partial charge in [0.15, 0.2) is 5.69 Å². The van der Waals surface area contributed by atoms with Gasteiger partial charge in [-0.05, 0) is 24.1 Å². The summed E-state index contributed by atoms with van der Waals surface area (Å²) in [5.74, 6) is -0.715. The summed E-state index contributed by atoms with van der Waals surface area (Å²) in [7, 11) is 1.30. The van der Waals surface area contributed by atoms with Crippen LogP contribution in [-0.2, 0) is 9.53 Å². The number of aromatic nitrogens is 3. The molecule has 1 saturated heterocycles. The van der Waals surface area contributed by atoms with Crippen LogP contribution in [0.2, 0.25) is 0 Å². The number of anilines is 1.